The summed E-state index contributed by atoms with van der Waals surface area (Å²) in [6, 6.07) is 1.93. The number of carbonyl (C=O) groups is 2. The van der Waals surface area contributed by atoms with Crippen LogP contribution in [0.1, 0.15) is 77.0 Å². The molecule has 0 saturated carbocycles. The van der Waals surface area contributed by atoms with Crippen molar-refractivity contribution in [2.45, 2.75) is 131 Å². The summed E-state index contributed by atoms with van der Waals surface area (Å²) in [4.78, 5) is 20.6. The molecule has 0 radical (unpaired) electrons. The van der Waals surface area contributed by atoms with Gasteiger partial charge in [0.2, 0.25) is 11.8 Å². The summed E-state index contributed by atoms with van der Waals surface area (Å²) < 4.78 is 57.5. The Morgan fingerprint density at radius 3 is 1.13 bits per heavy atom. The van der Waals surface area contributed by atoms with E-state index in [0.29, 0.717) is 62.4 Å². The van der Waals surface area contributed by atoms with Crippen LogP contribution in [-0.2, 0) is 43.5 Å². The monoisotopic (exact) mass is 980 g/mol. The maximum absolute atomic E-state index is 10.7. The molecule has 20 N–H and O–H groups in total. The smallest absolute Gasteiger partial charge is 0.236 e. The molecule has 0 bridgehead atoms. The molecule has 20 nitrogen and oxygen atoms in total. The number of ether oxygens (including phenoxy) is 3. The van der Waals surface area contributed by atoms with Gasteiger partial charge in [-0.2, -0.15) is 23.5 Å². The summed E-state index contributed by atoms with van der Waals surface area (Å²) in [5, 5.41) is 5.21. The van der Waals surface area contributed by atoms with Crippen LogP contribution in [-0.4, -0.2) is 182 Å². The van der Waals surface area contributed by atoms with E-state index in [0.717, 1.165) is 78.3 Å². The Balaban J connectivity index is 0.000000355. The number of hydrogen-bond acceptors (Lipinski definition) is 20. The molecule has 0 aromatic heterocycles. The van der Waals surface area contributed by atoms with Crippen molar-refractivity contribution in [3.63, 3.8) is 0 Å². The lowest BCUT2D eigenvalue weighted by Gasteiger charge is -2.16. The quantitative estimate of drug-likeness (QED) is 0.117. The standard InChI is InChI=1S/C5H11NO2S.C5H11NO.C5H11NS.2C4H8N2O.C4H9NO2S.2C4H9NO.C4H9NS/c6-5-1-3-9(7,8)4-2-5;2*6-5-1-3-7-4-2-5;5-3-1-4(7)6-2-3;5-3-1-2-6-4(3)7;5-4-1-2-8(6,7)3-4;3*5-4-1-2-6-3-4/h5H,1-4,6H2;2*5H,1-4,6H2;2*3H,1-2,5H2,(H,6,7);4H,1-3,5H2;3*4H,1-3,5H2/t;;;;3-;;2*4-;/m....0.10./s1. The number of nitrogens with one attached hydrogen (secondary N) is 2. The molecule has 374 valence electrons. The first-order valence-electron chi connectivity index (χ1n) is 22.4. The summed E-state index contributed by atoms with van der Waals surface area (Å²) >= 11 is 3.98. The molecule has 63 heavy (non-hydrogen) atoms. The highest BCUT2D eigenvalue weighted by Crippen LogP contribution is 2.15. The lowest BCUT2D eigenvalue weighted by Crippen LogP contribution is -2.32. The molecular formula is C39H85N11O9S4. The van der Waals surface area contributed by atoms with Gasteiger partial charge in [0.15, 0.2) is 9.84 Å². The number of hydrogen-bond donors (Lipinski definition) is 11. The van der Waals surface area contributed by atoms with E-state index in [1.807, 2.05) is 23.5 Å². The maximum atomic E-state index is 10.7. The molecule has 0 aromatic carbocycles. The summed E-state index contributed by atoms with van der Waals surface area (Å²) in [5.41, 5.74) is 48.9. The highest BCUT2D eigenvalue weighted by Gasteiger charge is 2.24. The number of carbonyl (C=O) groups excluding carboxylic acids is 2. The number of nitrogens with two attached hydrogens (primary N) is 9. The van der Waals surface area contributed by atoms with Gasteiger partial charge in [0.05, 0.1) is 42.3 Å². The van der Waals surface area contributed by atoms with E-state index in [4.69, 9.17) is 65.8 Å². The molecule has 9 aliphatic rings. The van der Waals surface area contributed by atoms with Crippen molar-refractivity contribution in [1.29, 1.82) is 0 Å². The van der Waals surface area contributed by atoms with Crippen LogP contribution in [0.25, 0.3) is 0 Å². The Morgan fingerprint density at radius 1 is 0.476 bits per heavy atom. The Morgan fingerprint density at radius 2 is 0.937 bits per heavy atom. The zero-order chi connectivity index (χ0) is 47.1. The molecule has 9 rings (SSSR count). The van der Waals surface area contributed by atoms with Crippen LogP contribution in [0.4, 0.5) is 0 Å². The number of rotatable bonds is 0. The van der Waals surface area contributed by atoms with Crippen LogP contribution < -0.4 is 62.2 Å². The largest absolute Gasteiger partial charge is 0.381 e. The molecule has 0 spiro atoms. The fourth-order valence-electron chi connectivity index (χ4n) is 6.06. The molecule has 9 fully saturated rings. The Hall–Kier alpha value is -0.940. The SMILES string of the molecule is NC1CCOCC1.NC1CCS(=O)(=O)C1.NC1CCS(=O)(=O)CC1.NC1CCSC1.NC1CCSCC1.NC1CNC(=O)C1.N[C@@H]1CCOC1.N[C@H]1CCNC1=O.N[C@H]1CCOC1. The average Bonchev–Trinajstić information content (AvgIpc) is 4.13. The second kappa shape index (κ2) is 35.2. The van der Waals surface area contributed by atoms with Crippen LogP contribution in [0.5, 0.6) is 0 Å². The summed E-state index contributed by atoms with van der Waals surface area (Å²) in [7, 11) is -5.42. The molecular weight excluding hydrogens is 895 g/mol. The number of thioether (sulfide) groups is 2. The van der Waals surface area contributed by atoms with Crippen molar-refractivity contribution in [2.24, 2.45) is 51.6 Å². The van der Waals surface area contributed by atoms with Gasteiger partial charge in [-0.05, 0) is 87.9 Å². The first kappa shape index (κ1) is 60.1. The topological polar surface area (TPSA) is 388 Å². The second-order valence-corrected chi connectivity index (χ2v) is 23.8. The van der Waals surface area contributed by atoms with Crippen molar-refractivity contribution in [3.8, 4) is 0 Å². The third-order valence-corrected chi connectivity index (χ3v) is 16.1. The van der Waals surface area contributed by atoms with E-state index in [1.54, 1.807) is 0 Å². The highest BCUT2D eigenvalue weighted by atomic mass is 32.2. The fraction of sp³-hybridized carbons (Fsp3) is 0.949. The second-order valence-electron chi connectivity index (χ2n) is 16.9. The van der Waals surface area contributed by atoms with Crippen LogP contribution in [0.15, 0.2) is 0 Å². The Bertz CT molecular complexity index is 1340. The van der Waals surface area contributed by atoms with E-state index in [2.05, 4.69) is 10.6 Å². The van der Waals surface area contributed by atoms with Crippen molar-refractivity contribution in [1.82, 2.24) is 10.6 Å². The van der Waals surface area contributed by atoms with Gasteiger partial charge in [0, 0.05) is 100 Å². The fourth-order valence-corrected chi connectivity index (χ4v) is 11.5. The molecule has 2 amide bonds. The van der Waals surface area contributed by atoms with Gasteiger partial charge >= 0.3 is 0 Å². The van der Waals surface area contributed by atoms with Crippen LogP contribution in [0.3, 0.4) is 0 Å². The van der Waals surface area contributed by atoms with Gasteiger partial charge in [-0.15, -0.1) is 0 Å². The lowest BCUT2D eigenvalue weighted by molar-refractivity contribution is -0.120. The van der Waals surface area contributed by atoms with E-state index in [1.165, 1.54) is 42.3 Å². The van der Waals surface area contributed by atoms with E-state index >= 15 is 0 Å². The molecule has 9 saturated heterocycles. The third-order valence-electron chi connectivity index (χ3n) is 10.4. The first-order valence-corrected chi connectivity index (χ1v) is 28.4. The maximum Gasteiger partial charge on any atom is 0.236 e. The Labute approximate surface area is 386 Å². The first-order chi connectivity index (χ1) is 29.8. The molecule has 9 heterocycles. The minimum Gasteiger partial charge on any atom is -0.381 e. The van der Waals surface area contributed by atoms with Crippen molar-refractivity contribution >= 4 is 55.0 Å². The van der Waals surface area contributed by atoms with Gasteiger partial charge in [-0.3, -0.25) is 9.59 Å². The molecule has 6 atom stereocenters. The van der Waals surface area contributed by atoms with Crippen LogP contribution >= 0.6 is 23.5 Å². The number of amides is 2. The highest BCUT2D eigenvalue weighted by molar-refractivity contribution is 7.99. The van der Waals surface area contributed by atoms with Gasteiger partial charge in [0.25, 0.3) is 0 Å². The average molecular weight is 980 g/mol. The van der Waals surface area contributed by atoms with E-state index in [9.17, 15) is 26.4 Å². The minimum absolute atomic E-state index is 0.0139. The molecule has 0 aliphatic carbocycles. The van der Waals surface area contributed by atoms with Crippen molar-refractivity contribution in [3.05, 3.63) is 0 Å². The minimum atomic E-state index is -2.72. The summed E-state index contributed by atoms with van der Waals surface area (Å²) in [5.74, 6) is 6.12. The molecule has 9 aliphatic heterocycles. The van der Waals surface area contributed by atoms with E-state index in [-0.39, 0.29) is 59.0 Å². The Kier molecular flexibility index (Phi) is 33.6. The van der Waals surface area contributed by atoms with Gasteiger partial charge < -0.3 is 76.4 Å². The predicted molar refractivity (Wildman–Crippen MR) is 258 cm³/mol. The third kappa shape index (κ3) is 35.0. The van der Waals surface area contributed by atoms with Crippen molar-refractivity contribution in [2.75, 3.05) is 98.8 Å². The van der Waals surface area contributed by atoms with Crippen LogP contribution in [0.2, 0.25) is 0 Å². The van der Waals surface area contributed by atoms with Crippen molar-refractivity contribution < 1.29 is 40.6 Å². The molecule has 24 heteroatoms. The van der Waals surface area contributed by atoms with Gasteiger partial charge in [-0.1, -0.05) is 0 Å². The zero-order valence-corrected chi connectivity index (χ0v) is 40.8. The lowest BCUT2D eigenvalue weighted by atomic mass is 10.1. The normalized spacial score (nSPS) is 30.7. The molecule has 0 aromatic rings. The van der Waals surface area contributed by atoms with Gasteiger partial charge in [-0.25, -0.2) is 16.8 Å². The van der Waals surface area contributed by atoms with Gasteiger partial charge in [0.1, 0.15) is 9.84 Å². The summed E-state index contributed by atoms with van der Waals surface area (Å²) in [6.07, 6.45) is 11.1. The zero-order valence-electron chi connectivity index (χ0n) is 37.5. The van der Waals surface area contributed by atoms with Crippen LogP contribution in [0, 0.1) is 0 Å². The summed E-state index contributed by atoms with van der Waals surface area (Å²) in [6.45, 7) is 6.38. The van der Waals surface area contributed by atoms with E-state index < -0.39 is 19.7 Å². The number of sulfone groups is 2. The molecule has 3 unspecified atom stereocenters. The predicted octanol–water partition coefficient (Wildman–Crippen LogP) is -2.79.